The average Bonchev–Trinajstić information content (AvgIpc) is 3.02. The van der Waals surface area contributed by atoms with Gasteiger partial charge in [0.25, 0.3) is 0 Å². The second-order valence-electron chi connectivity index (χ2n) is 17.6. The number of rotatable bonds is 21. The number of hydrogen-bond acceptors (Lipinski definition) is 12. The van der Waals surface area contributed by atoms with E-state index in [0.29, 0.717) is 45.1 Å². The van der Waals surface area contributed by atoms with Crippen molar-refractivity contribution in [2.45, 2.75) is 181 Å². The van der Waals surface area contributed by atoms with Crippen LogP contribution in [0.3, 0.4) is 0 Å². The number of carbonyl (C=O) groups excluding carboxylic acids is 7. The zero-order valence-electron chi connectivity index (χ0n) is 36.6. The van der Waals surface area contributed by atoms with Gasteiger partial charge in [0.05, 0.1) is 7.11 Å². The maximum Gasteiger partial charge on any atom is 0.408 e. The lowest BCUT2D eigenvalue weighted by Crippen LogP contribution is -2.52. The first-order valence-electron chi connectivity index (χ1n) is 19.7. The summed E-state index contributed by atoms with van der Waals surface area (Å²) in [5.74, 6) is -1.74. The number of amides is 6. The number of alkyl carbamates (subject to hydrolysis) is 4. The molecule has 0 heterocycles. The molecule has 0 aliphatic carbocycles. The van der Waals surface area contributed by atoms with E-state index in [9.17, 15) is 33.6 Å². The van der Waals surface area contributed by atoms with Crippen LogP contribution in [-0.2, 0) is 38.1 Å². The number of ether oxygens (including phenoxy) is 5. The molecule has 330 valence electrons. The second-order valence-corrected chi connectivity index (χ2v) is 17.6. The lowest BCUT2D eigenvalue weighted by Gasteiger charge is -2.25. The molecule has 0 unspecified atom stereocenters. The molecule has 3 atom stereocenters. The fraction of sp³-hybridized carbons (Fsp3) is 0.821. The molecule has 18 nitrogen and oxygen atoms in total. The summed E-state index contributed by atoms with van der Waals surface area (Å²) in [4.78, 5) is 88.3. The maximum atomic E-state index is 13.4. The van der Waals surface area contributed by atoms with E-state index in [-0.39, 0.29) is 32.4 Å². The molecular formula is C39H72N6O12. The Bertz CT molecular complexity index is 1300. The Balaban J connectivity index is 5.34. The van der Waals surface area contributed by atoms with Gasteiger partial charge in [-0.05, 0) is 141 Å². The van der Waals surface area contributed by atoms with E-state index in [0.717, 1.165) is 0 Å². The van der Waals surface area contributed by atoms with Crippen LogP contribution in [0.2, 0.25) is 0 Å². The van der Waals surface area contributed by atoms with Crippen LogP contribution < -0.4 is 31.9 Å². The predicted octanol–water partition coefficient (Wildman–Crippen LogP) is 5.11. The van der Waals surface area contributed by atoms with Gasteiger partial charge < -0.3 is 55.6 Å². The van der Waals surface area contributed by atoms with Gasteiger partial charge in [-0.3, -0.25) is 9.59 Å². The Morgan fingerprint density at radius 3 is 1.07 bits per heavy atom. The summed E-state index contributed by atoms with van der Waals surface area (Å²) < 4.78 is 26.1. The van der Waals surface area contributed by atoms with Gasteiger partial charge in [0.2, 0.25) is 11.8 Å². The smallest absolute Gasteiger partial charge is 0.408 e. The first kappa shape index (κ1) is 52.5. The minimum Gasteiger partial charge on any atom is -0.467 e. The number of methoxy groups -OCH3 is 1. The minimum absolute atomic E-state index is 0.164. The van der Waals surface area contributed by atoms with Gasteiger partial charge in [0.15, 0.2) is 0 Å². The molecule has 0 radical (unpaired) electrons. The Hall–Kier alpha value is -4.51. The van der Waals surface area contributed by atoms with Crippen molar-refractivity contribution in [3.8, 4) is 0 Å². The Labute approximate surface area is 339 Å². The van der Waals surface area contributed by atoms with E-state index in [1.54, 1.807) is 83.1 Å². The Kier molecular flexibility index (Phi) is 23.0. The SMILES string of the molecule is COC(=O)[C@H](CCCCNC(=O)[C@H](CCCCNC(=O)OC(C)(C)C)NC(=O)OC(C)(C)C)NC(=O)[C@H](CCCCNC(=O)OC(C)(C)C)NC(=O)OC(C)(C)C. The molecule has 0 fully saturated rings. The third-order valence-electron chi connectivity index (χ3n) is 7.21. The van der Waals surface area contributed by atoms with E-state index in [4.69, 9.17) is 23.7 Å². The number of unbranched alkanes of at least 4 members (excludes halogenated alkanes) is 3. The van der Waals surface area contributed by atoms with Crippen molar-refractivity contribution in [2.75, 3.05) is 26.7 Å². The van der Waals surface area contributed by atoms with Crippen molar-refractivity contribution in [3.05, 3.63) is 0 Å². The second kappa shape index (κ2) is 25.0. The van der Waals surface area contributed by atoms with Crippen LogP contribution in [-0.4, -0.2) is 109 Å². The quantitative estimate of drug-likeness (QED) is 0.0504. The zero-order chi connectivity index (χ0) is 44.0. The molecule has 0 aromatic rings. The summed E-state index contributed by atoms with van der Waals surface area (Å²) in [5, 5.41) is 16.0. The molecule has 0 aromatic carbocycles. The van der Waals surface area contributed by atoms with Gasteiger partial charge in [0.1, 0.15) is 40.5 Å². The van der Waals surface area contributed by atoms with E-state index in [2.05, 4.69) is 31.9 Å². The highest BCUT2D eigenvalue weighted by molar-refractivity contribution is 5.89. The molecule has 0 spiro atoms. The zero-order valence-corrected chi connectivity index (χ0v) is 36.6. The fourth-order valence-corrected chi connectivity index (χ4v) is 4.87. The van der Waals surface area contributed by atoms with Crippen molar-refractivity contribution in [2.24, 2.45) is 0 Å². The van der Waals surface area contributed by atoms with Gasteiger partial charge in [-0.2, -0.15) is 0 Å². The highest BCUT2D eigenvalue weighted by atomic mass is 16.6. The molecule has 6 amide bonds. The molecule has 0 rings (SSSR count). The van der Waals surface area contributed by atoms with Crippen LogP contribution >= 0.6 is 0 Å². The summed E-state index contributed by atoms with van der Waals surface area (Å²) in [6.07, 6.45) is 0.687. The van der Waals surface area contributed by atoms with Gasteiger partial charge in [0, 0.05) is 19.6 Å². The average molecular weight is 817 g/mol. The first-order valence-corrected chi connectivity index (χ1v) is 19.7. The number of hydrogen-bond donors (Lipinski definition) is 6. The third-order valence-corrected chi connectivity index (χ3v) is 7.21. The van der Waals surface area contributed by atoms with Gasteiger partial charge in [-0.1, -0.05) is 0 Å². The van der Waals surface area contributed by atoms with Gasteiger partial charge in [-0.25, -0.2) is 24.0 Å². The van der Waals surface area contributed by atoms with Gasteiger partial charge >= 0.3 is 30.3 Å². The normalized spacial score (nSPS) is 13.4. The van der Waals surface area contributed by atoms with Crippen LogP contribution in [0.1, 0.15) is 141 Å². The molecule has 0 bridgehead atoms. The largest absolute Gasteiger partial charge is 0.467 e. The molecule has 6 N–H and O–H groups in total. The molecule has 18 heteroatoms. The molecule has 0 aliphatic rings. The van der Waals surface area contributed by atoms with Crippen molar-refractivity contribution in [1.29, 1.82) is 0 Å². The van der Waals surface area contributed by atoms with Crippen LogP contribution in [0.5, 0.6) is 0 Å². The van der Waals surface area contributed by atoms with Crippen molar-refractivity contribution in [3.63, 3.8) is 0 Å². The summed E-state index contributed by atoms with van der Waals surface area (Å²) >= 11 is 0. The standard InChI is InChI=1S/C39H72N6O12/c1-36(2,3)54-32(49)41-24-18-14-20-26(44-34(51)56-38(7,8)9)29(46)40-23-17-16-22-28(31(48)53-13)43-30(47)27(45-35(52)57-39(10,11)12)21-15-19-25-42-33(50)55-37(4,5)6/h26-28H,14-25H2,1-13H3,(H,40,46)(H,41,49)(H,42,50)(H,43,47)(H,44,51)(H,45,52)/t26-,27-,28-/m0/s1. The van der Waals surface area contributed by atoms with Gasteiger partial charge in [-0.15, -0.1) is 0 Å². The minimum atomic E-state index is -1.06. The van der Waals surface area contributed by atoms with Crippen molar-refractivity contribution < 1.29 is 57.2 Å². The van der Waals surface area contributed by atoms with E-state index >= 15 is 0 Å². The van der Waals surface area contributed by atoms with E-state index < -0.39 is 82.7 Å². The molecule has 0 saturated heterocycles. The number of nitrogens with one attached hydrogen (secondary N) is 6. The summed E-state index contributed by atoms with van der Waals surface area (Å²) in [6.45, 7) is 21.5. The fourth-order valence-electron chi connectivity index (χ4n) is 4.87. The number of carbonyl (C=O) groups is 7. The van der Waals surface area contributed by atoms with Crippen LogP contribution in [0.15, 0.2) is 0 Å². The summed E-state index contributed by atoms with van der Waals surface area (Å²) in [5.41, 5.74) is -2.88. The van der Waals surface area contributed by atoms with Crippen LogP contribution in [0.4, 0.5) is 19.2 Å². The Morgan fingerprint density at radius 1 is 0.404 bits per heavy atom. The van der Waals surface area contributed by atoms with E-state index in [1.165, 1.54) is 7.11 Å². The van der Waals surface area contributed by atoms with Crippen molar-refractivity contribution >= 4 is 42.2 Å². The maximum absolute atomic E-state index is 13.4. The third kappa shape index (κ3) is 29.4. The predicted molar refractivity (Wildman–Crippen MR) is 213 cm³/mol. The first-order chi connectivity index (χ1) is 26.1. The molecule has 0 saturated carbocycles. The Morgan fingerprint density at radius 2 is 0.719 bits per heavy atom. The number of esters is 1. The summed E-state index contributed by atoms with van der Waals surface area (Å²) in [7, 11) is 1.20. The van der Waals surface area contributed by atoms with Crippen LogP contribution in [0, 0.1) is 0 Å². The monoisotopic (exact) mass is 817 g/mol. The molecule has 57 heavy (non-hydrogen) atoms. The van der Waals surface area contributed by atoms with Crippen LogP contribution in [0.25, 0.3) is 0 Å². The highest BCUT2D eigenvalue weighted by Crippen LogP contribution is 2.12. The topological polar surface area (TPSA) is 238 Å². The molecule has 0 aromatic heterocycles. The highest BCUT2D eigenvalue weighted by Gasteiger charge is 2.29. The van der Waals surface area contributed by atoms with Crippen molar-refractivity contribution in [1.82, 2.24) is 31.9 Å². The molecular weight excluding hydrogens is 744 g/mol. The van der Waals surface area contributed by atoms with E-state index in [1.807, 2.05) is 0 Å². The lowest BCUT2D eigenvalue weighted by atomic mass is 10.1. The summed E-state index contributed by atoms with van der Waals surface area (Å²) in [6, 6.07) is -3.02. The molecule has 0 aliphatic heterocycles. The lowest BCUT2D eigenvalue weighted by molar-refractivity contribution is -0.145.